The highest BCUT2D eigenvalue weighted by molar-refractivity contribution is 7.98. The number of hydrogen-bond acceptors (Lipinski definition) is 6. The molecule has 7 heteroatoms. The minimum atomic E-state index is 0.592. The third-order valence-electron chi connectivity index (χ3n) is 3.51. The van der Waals surface area contributed by atoms with E-state index in [0.717, 1.165) is 38.9 Å². The van der Waals surface area contributed by atoms with Gasteiger partial charge in [-0.1, -0.05) is 12.1 Å². The molecule has 1 aliphatic heterocycles. The lowest BCUT2D eigenvalue weighted by Gasteiger charge is -2.20. The van der Waals surface area contributed by atoms with Crippen LogP contribution in [0.5, 0.6) is 11.5 Å². The molecule has 2 aromatic heterocycles. The van der Waals surface area contributed by atoms with Crippen molar-refractivity contribution in [3.8, 4) is 11.5 Å². The van der Waals surface area contributed by atoms with E-state index in [1.165, 1.54) is 0 Å². The van der Waals surface area contributed by atoms with Crippen LogP contribution in [0.3, 0.4) is 0 Å². The quantitative estimate of drug-likeness (QED) is 0.546. The number of thioether (sulfide) groups is 1. The molecule has 22 heavy (non-hydrogen) atoms. The second-order valence-electron chi connectivity index (χ2n) is 4.91. The van der Waals surface area contributed by atoms with Crippen molar-refractivity contribution in [2.75, 3.05) is 13.2 Å². The van der Waals surface area contributed by atoms with Crippen LogP contribution < -0.4 is 9.47 Å². The minimum Gasteiger partial charge on any atom is -0.486 e. The zero-order valence-corrected chi connectivity index (χ0v) is 12.8. The summed E-state index contributed by atoms with van der Waals surface area (Å²) >= 11 is 1.65. The van der Waals surface area contributed by atoms with Gasteiger partial charge in [-0.15, -0.1) is 11.8 Å². The second-order valence-corrected chi connectivity index (χ2v) is 5.88. The molecule has 0 bridgehead atoms. The summed E-state index contributed by atoms with van der Waals surface area (Å²) in [6, 6.07) is 5.98. The van der Waals surface area contributed by atoms with Crippen LogP contribution in [-0.2, 0) is 12.8 Å². The number of benzene rings is 1. The van der Waals surface area contributed by atoms with E-state index in [-0.39, 0.29) is 0 Å². The summed E-state index contributed by atoms with van der Waals surface area (Å²) < 4.78 is 13.1. The average Bonchev–Trinajstić information content (AvgIpc) is 2.95. The van der Waals surface area contributed by atoms with Gasteiger partial charge in [0.05, 0.1) is 11.6 Å². The van der Waals surface area contributed by atoms with Crippen molar-refractivity contribution in [1.82, 2.24) is 19.7 Å². The van der Waals surface area contributed by atoms with E-state index in [4.69, 9.17) is 9.47 Å². The molecular formula is C15H14N4O2S. The average molecular weight is 314 g/mol. The van der Waals surface area contributed by atoms with Crippen LogP contribution in [0.25, 0.3) is 11.0 Å². The topological polar surface area (TPSA) is 62.1 Å². The van der Waals surface area contributed by atoms with E-state index in [1.807, 2.05) is 19.2 Å². The molecule has 1 aliphatic rings. The fraction of sp³-hybridized carbons (Fsp3) is 0.267. The Bertz CT molecular complexity index is 834. The monoisotopic (exact) mass is 314 g/mol. The highest BCUT2D eigenvalue weighted by Crippen LogP contribution is 2.37. The fourth-order valence-electron chi connectivity index (χ4n) is 2.45. The Morgan fingerprint density at radius 2 is 2.14 bits per heavy atom. The third-order valence-corrected chi connectivity index (χ3v) is 4.56. The molecule has 0 fully saturated rings. The lowest BCUT2D eigenvalue weighted by atomic mass is 10.2. The molecule has 0 spiro atoms. The normalized spacial score (nSPS) is 13.5. The number of nitrogens with zero attached hydrogens (tertiary/aromatic N) is 4. The van der Waals surface area contributed by atoms with Gasteiger partial charge < -0.3 is 9.47 Å². The molecule has 0 atom stereocenters. The predicted octanol–water partition coefficient (Wildman–Crippen LogP) is 2.43. The van der Waals surface area contributed by atoms with Gasteiger partial charge >= 0.3 is 0 Å². The van der Waals surface area contributed by atoms with Crippen LogP contribution in [0.4, 0.5) is 0 Å². The molecule has 0 aliphatic carbocycles. The van der Waals surface area contributed by atoms with E-state index >= 15 is 0 Å². The summed E-state index contributed by atoms with van der Waals surface area (Å²) in [4.78, 5) is 8.63. The number of para-hydroxylation sites is 1. The van der Waals surface area contributed by atoms with Gasteiger partial charge in [-0.25, -0.2) is 9.97 Å². The van der Waals surface area contributed by atoms with Crippen LogP contribution in [0.2, 0.25) is 0 Å². The van der Waals surface area contributed by atoms with Crippen molar-refractivity contribution in [3.63, 3.8) is 0 Å². The molecule has 0 N–H and O–H groups in total. The lowest BCUT2D eigenvalue weighted by molar-refractivity contribution is 0.170. The van der Waals surface area contributed by atoms with E-state index < -0.39 is 0 Å². The van der Waals surface area contributed by atoms with Crippen LogP contribution in [0.15, 0.2) is 35.7 Å². The van der Waals surface area contributed by atoms with Crippen molar-refractivity contribution < 1.29 is 9.47 Å². The molecule has 3 heterocycles. The van der Waals surface area contributed by atoms with Crippen LogP contribution >= 0.6 is 11.8 Å². The summed E-state index contributed by atoms with van der Waals surface area (Å²) in [5.41, 5.74) is 1.95. The van der Waals surface area contributed by atoms with Crippen molar-refractivity contribution in [1.29, 1.82) is 0 Å². The zero-order valence-electron chi connectivity index (χ0n) is 12.0. The van der Waals surface area contributed by atoms with Crippen molar-refractivity contribution >= 4 is 22.8 Å². The molecule has 0 amide bonds. The van der Waals surface area contributed by atoms with Crippen LogP contribution in [-0.4, -0.2) is 33.0 Å². The van der Waals surface area contributed by atoms with Gasteiger partial charge in [0.1, 0.15) is 24.6 Å². The van der Waals surface area contributed by atoms with E-state index in [1.54, 1.807) is 29.0 Å². The SMILES string of the molecule is Cn1ncc2c(SCc3cccc4c3OCCO4)ncnc21. The van der Waals surface area contributed by atoms with Gasteiger partial charge in [0.2, 0.25) is 0 Å². The molecule has 0 radical (unpaired) electrons. The first-order valence-electron chi connectivity index (χ1n) is 6.96. The first-order valence-corrected chi connectivity index (χ1v) is 7.94. The maximum atomic E-state index is 5.75. The Morgan fingerprint density at radius 1 is 1.23 bits per heavy atom. The molecule has 0 saturated heterocycles. The first kappa shape index (κ1) is 13.4. The Balaban J connectivity index is 1.62. The Hall–Kier alpha value is -2.28. The Labute approximate surface area is 131 Å². The smallest absolute Gasteiger partial charge is 0.165 e. The van der Waals surface area contributed by atoms with Gasteiger partial charge in [0.15, 0.2) is 17.1 Å². The summed E-state index contributed by atoms with van der Waals surface area (Å²) in [6.07, 6.45) is 3.38. The summed E-state index contributed by atoms with van der Waals surface area (Å²) in [5, 5.41) is 6.13. The second kappa shape index (κ2) is 5.49. The molecule has 3 aromatic rings. The van der Waals surface area contributed by atoms with Gasteiger partial charge in [-0.2, -0.15) is 5.10 Å². The molecule has 4 rings (SSSR count). The molecule has 0 saturated carbocycles. The highest BCUT2D eigenvalue weighted by atomic mass is 32.2. The Morgan fingerprint density at radius 3 is 3.09 bits per heavy atom. The molecular weight excluding hydrogens is 300 g/mol. The fourth-order valence-corrected chi connectivity index (χ4v) is 3.39. The van der Waals surface area contributed by atoms with E-state index in [0.29, 0.717) is 13.2 Å². The summed E-state index contributed by atoms with van der Waals surface area (Å²) in [7, 11) is 1.88. The number of fused-ring (bicyclic) bond motifs is 2. The summed E-state index contributed by atoms with van der Waals surface area (Å²) in [5.74, 6) is 2.42. The van der Waals surface area contributed by atoms with E-state index in [9.17, 15) is 0 Å². The zero-order chi connectivity index (χ0) is 14.9. The number of aromatic nitrogens is 4. The van der Waals surface area contributed by atoms with E-state index in [2.05, 4.69) is 21.1 Å². The van der Waals surface area contributed by atoms with Gasteiger partial charge in [-0.3, -0.25) is 4.68 Å². The lowest BCUT2D eigenvalue weighted by Crippen LogP contribution is -2.16. The molecule has 112 valence electrons. The summed E-state index contributed by atoms with van der Waals surface area (Å²) in [6.45, 7) is 1.20. The van der Waals surface area contributed by atoms with Crippen molar-refractivity contribution in [2.24, 2.45) is 7.05 Å². The maximum absolute atomic E-state index is 5.75. The number of ether oxygens (including phenoxy) is 2. The number of aryl methyl sites for hydroxylation is 1. The largest absolute Gasteiger partial charge is 0.486 e. The minimum absolute atomic E-state index is 0.592. The molecule has 6 nitrogen and oxygen atoms in total. The standard InChI is InChI=1S/C15H14N4O2S/c1-19-14-11(7-18-19)15(17-9-16-14)22-8-10-3-2-4-12-13(10)21-6-5-20-12/h2-4,7,9H,5-6,8H2,1H3. The first-order chi connectivity index (χ1) is 10.8. The van der Waals surface area contributed by atoms with Gasteiger partial charge in [0, 0.05) is 18.4 Å². The molecule has 1 aromatic carbocycles. The van der Waals surface area contributed by atoms with Crippen LogP contribution in [0, 0.1) is 0 Å². The third kappa shape index (κ3) is 2.27. The van der Waals surface area contributed by atoms with Gasteiger partial charge in [-0.05, 0) is 6.07 Å². The van der Waals surface area contributed by atoms with Crippen LogP contribution in [0.1, 0.15) is 5.56 Å². The highest BCUT2D eigenvalue weighted by Gasteiger charge is 2.16. The maximum Gasteiger partial charge on any atom is 0.165 e. The number of hydrogen-bond donors (Lipinski definition) is 0. The van der Waals surface area contributed by atoms with Crippen molar-refractivity contribution in [2.45, 2.75) is 10.8 Å². The number of rotatable bonds is 3. The Kier molecular flexibility index (Phi) is 3.34. The van der Waals surface area contributed by atoms with Gasteiger partial charge in [0.25, 0.3) is 0 Å². The van der Waals surface area contributed by atoms with Crippen molar-refractivity contribution in [3.05, 3.63) is 36.3 Å². The predicted molar refractivity (Wildman–Crippen MR) is 83.3 cm³/mol. The molecule has 0 unspecified atom stereocenters.